The van der Waals surface area contributed by atoms with Crippen molar-refractivity contribution in [3.8, 4) is 0 Å². The van der Waals surface area contributed by atoms with Crippen molar-refractivity contribution in [3.63, 3.8) is 0 Å². The van der Waals surface area contributed by atoms with Crippen LogP contribution < -0.4 is 11.5 Å². The summed E-state index contributed by atoms with van der Waals surface area (Å²) < 4.78 is 0. The van der Waals surface area contributed by atoms with Crippen molar-refractivity contribution in [1.82, 2.24) is 0 Å². The van der Waals surface area contributed by atoms with E-state index in [2.05, 4.69) is 20.8 Å². The van der Waals surface area contributed by atoms with Crippen molar-refractivity contribution in [2.45, 2.75) is 217 Å². The van der Waals surface area contributed by atoms with Crippen LogP contribution in [0.15, 0.2) is 0 Å². The van der Waals surface area contributed by atoms with Gasteiger partial charge in [-0.05, 0) is 19.3 Å². The van der Waals surface area contributed by atoms with Crippen LogP contribution >= 0.6 is 0 Å². The largest absolute Gasteiger partial charge is 0.394 e. The second-order valence-corrected chi connectivity index (χ2v) is 13.2. The van der Waals surface area contributed by atoms with Crippen molar-refractivity contribution in [1.29, 1.82) is 0 Å². The van der Waals surface area contributed by atoms with Gasteiger partial charge in [-0.2, -0.15) is 0 Å². The van der Waals surface area contributed by atoms with Crippen molar-refractivity contribution in [2.75, 3.05) is 6.61 Å². The average Bonchev–Trinajstić information content (AvgIpc) is 2.96. The van der Waals surface area contributed by atoms with Gasteiger partial charge in [0.15, 0.2) is 0 Å². The van der Waals surface area contributed by atoms with Crippen LogP contribution in [0.2, 0.25) is 0 Å². The van der Waals surface area contributed by atoms with Gasteiger partial charge in [-0.25, -0.2) is 0 Å². The summed E-state index contributed by atoms with van der Waals surface area (Å²) in [5.41, 5.74) is 11.3. The van der Waals surface area contributed by atoms with E-state index in [0.29, 0.717) is 19.3 Å². The summed E-state index contributed by atoms with van der Waals surface area (Å²) in [6.07, 6.45) is 28.9. The van der Waals surface area contributed by atoms with Gasteiger partial charge in [0, 0.05) is 5.54 Å². The van der Waals surface area contributed by atoms with Crippen molar-refractivity contribution < 1.29 is 15.3 Å². The Bertz CT molecular complexity index is 535. The molecule has 0 aliphatic carbocycles. The van der Waals surface area contributed by atoms with Crippen molar-refractivity contribution >= 4 is 0 Å². The maximum absolute atomic E-state index is 11.3. The summed E-state index contributed by atoms with van der Waals surface area (Å²) in [6, 6.07) is 0. The van der Waals surface area contributed by atoms with Gasteiger partial charge < -0.3 is 26.8 Å². The number of aliphatic hydroxyl groups excluding tert-OH is 3. The van der Waals surface area contributed by atoms with Crippen LogP contribution in [0.5, 0.6) is 0 Å². The van der Waals surface area contributed by atoms with Crippen LogP contribution in [-0.4, -0.2) is 45.2 Å². The maximum Gasteiger partial charge on any atom is 0.102 e. The molecule has 0 aromatic rings. The second kappa shape index (κ2) is 26.4. The van der Waals surface area contributed by atoms with Crippen molar-refractivity contribution in [2.24, 2.45) is 11.5 Å². The predicted molar refractivity (Wildman–Crippen MR) is 175 cm³/mol. The molecule has 4 unspecified atom stereocenters. The molecule has 0 aromatic carbocycles. The molecule has 0 spiro atoms. The van der Waals surface area contributed by atoms with Crippen LogP contribution in [-0.2, 0) is 0 Å². The van der Waals surface area contributed by atoms with Crippen LogP contribution in [0.4, 0.5) is 0 Å². The summed E-state index contributed by atoms with van der Waals surface area (Å²) in [5.74, 6) is 0. The molecule has 0 aromatic heterocycles. The first-order valence-electron chi connectivity index (χ1n) is 17.9. The van der Waals surface area contributed by atoms with E-state index in [-0.39, 0.29) is 6.61 Å². The van der Waals surface area contributed by atoms with E-state index in [1.165, 1.54) is 103 Å². The average molecular weight is 571 g/mol. The minimum absolute atomic E-state index is 0.341. The van der Waals surface area contributed by atoms with Gasteiger partial charge in [0.25, 0.3) is 0 Å². The highest BCUT2D eigenvalue weighted by Gasteiger charge is 2.45. The highest BCUT2D eigenvalue weighted by molar-refractivity contribution is 5.04. The molecule has 5 nitrogen and oxygen atoms in total. The lowest BCUT2D eigenvalue weighted by Gasteiger charge is -2.43. The molecule has 0 radical (unpaired) electrons. The smallest absolute Gasteiger partial charge is 0.102 e. The van der Waals surface area contributed by atoms with E-state index in [1.54, 1.807) is 0 Å². The molecule has 0 saturated heterocycles. The Balaban J connectivity index is 4.39. The SMILES string of the molecule is CCCCCCCCCCCCCCCCCC(N)(CO)C(O)C(O)C(N)(CCCCC)CCCCCCCC. The second-order valence-electron chi connectivity index (χ2n) is 13.2. The zero-order valence-electron chi connectivity index (χ0n) is 27.5. The number of unbranched alkanes of at least 4 members (excludes halogenated alkanes) is 21. The number of hydrogen-bond donors (Lipinski definition) is 5. The molecule has 0 heterocycles. The molecule has 0 saturated carbocycles. The standard InChI is InChI=1S/C35H74N2O3/c1-4-7-10-12-14-15-16-17-18-19-20-21-22-24-27-30-35(37,31-38)33(40)32(39)34(36,28-25-9-6-3)29-26-23-13-11-8-5-2/h32-33,38-40H,4-31,36-37H2,1-3H3. The third kappa shape index (κ3) is 19.1. The number of nitrogens with two attached hydrogens (primary N) is 2. The van der Waals surface area contributed by atoms with Gasteiger partial charge in [-0.15, -0.1) is 0 Å². The molecular formula is C35H74N2O3. The summed E-state index contributed by atoms with van der Waals surface area (Å²) in [6.45, 7) is 6.31. The molecule has 5 heteroatoms. The topological polar surface area (TPSA) is 113 Å². The van der Waals surface area contributed by atoms with E-state index in [4.69, 9.17) is 11.5 Å². The Morgan fingerprint density at radius 1 is 0.400 bits per heavy atom. The molecule has 0 aliphatic rings. The Morgan fingerprint density at radius 2 is 0.625 bits per heavy atom. The highest BCUT2D eigenvalue weighted by Crippen LogP contribution is 2.30. The Kier molecular flexibility index (Phi) is 26.3. The van der Waals surface area contributed by atoms with Crippen molar-refractivity contribution in [3.05, 3.63) is 0 Å². The third-order valence-corrected chi connectivity index (χ3v) is 9.26. The lowest BCUT2D eigenvalue weighted by atomic mass is 9.74. The van der Waals surface area contributed by atoms with E-state index >= 15 is 0 Å². The first-order valence-corrected chi connectivity index (χ1v) is 17.9. The predicted octanol–water partition coefficient (Wildman–Crippen LogP) is 8.69. The van der Waals surface area contributed by atoms with Gasteiger partial charge in [0.05, 0.1) is 18.2 Å². The number of aliphatic hydroxyl groups is 3. The van der Waals surface area contributed by atoms with E-state index in [1.807, 2.05) is 0 Å². The lowest BCUT2D eigenvalue weighted by Crippen LogP contribution is -2.66. The number of rotatable bonds is 31. The highest BCUT2D eigenvalue weighted by atomic mass is 16.3. The Morgan fingerprint density at radius 3 is 0.950 bits per heavy atom. The fourth-order valence-electron chi connectivity index (χ4n) is 6.13. The molecule has 0 aliphatic heterocycles. The summed E-state index contributed by atoms with van der Waals surface area (Å²) in [4.78, 5) is 0. The lowest BCUT2D eigenvalue weighted by molar-refractivity contribution is -0.0851. The normalized spacial score (nSPS) is 16.5. The van der Waals surface area contributed by atoms with E-state index in [9.17, 15) is 15.3 Å². The monoisotopic (exact) mass is 571 g/mol. The van der Waals surface area contributed by atoms with Gasteiger partial charge >= 0.3 is 0 Å². The number of hydrogen-bond acceptors (Lipinski definition) is 5. The molecule has 0 amide bonds. The first-order chi connectivity index (χ1) is 19.3. The fourth-order valence-corrected chi connectivity index (χ4v) is 6.13. The van der Waals surface area contributed by atoms with E-state index in [0.717, 1.165) is 51.4 Å². The Labute approximate surface area is 250 Å². The summed E-state index contributed by atoms with van der Waals surface area (Å²) in [5, 5.41) is 32.7. The van der Waals surface area contributed by atoms with Gasteiger partial charge in [-0.1, -0.05) is 175 Å². The third-order valence-electron chi connectivity index (χ3n) is 9.26. The summed E-state index contributed by atoms with van der Waals surface area (Å²) in [7, 11) is 0. The molecule has 7 N–H and O–H groups in total. The molecule has 40 heavy (non-hydrogen) atoms. The molecule has 0 rings (SSSR count). The fraction of sp³-hybridized carbons (Fsp3) is 1.00. The Hall–Kier alpha value is -0.200. The molecule has 0 bridgehead atoms. The molecule has 4 atom stereocenters. The van der Waals surface area contributed by atoms with Gasteiger partial charge in [-0.3, -0.25) is 0 Å². The van der Waals surface area contributed by atoms with Crippen LogP contribution in [0.25, 0.3) is 0 Å². The van der Waals surface area contributed by atoms with E-state index < -0.39 is 23.3 Å². The zero-order chi connectivity index (χ0) is 30.0. The zero-order valence-corrected chi connectivity index (χ0v) is 27.5. The van der Waals surface area contributed by atoms with Crippen LogP contribution in [0.3, 0.4) is 0 Å². The van der Waals surface area contributed by atoms with Gasteiger partial charge in [0.1, 0.15) is 6.10 Å². The maximum atomic E-state index is 11.3. The quantitative estimate of drug-likeness (QED) is 0.0535. The first kappa shape index (κ1) is 39.8. The molecular weight excluding hydrogens is 496 g/mol. The molecule has 242 valence electrons. The minimum Gasteiger partial charge on any atom is -0.394 e. The van der Waals surface area contributed by atoms with Crippen LogP contribution in [0, 0.1) is 0 Å². The molecule has 0 fully saturated rings. The summed E-state index contributed by atoms with van der Waals surface area (Å²) >= 11 is 0. The van der Waals surface area contributed by atoms with Crippen LogP contribution in [0.1, 0.15) is 194 Å². The minimum atomic E-state index is -1.23. The van der Waals surface area contributed by atoms with Gasteiger partial charge in [0.2, 0.25) is 0 Å².